The summed E-state index contributed by atoms with van der Waals surface area (Å²) in [4.78, 5) is 20.2. The van der Waals surface area contributed by atoms with Crippen molar-refractivity contribution in [2.24, 2.45) is 0 Å². The quantitative estimate of drug-likeness (QED) is 0.745. The Bertz CT molecular complexity index is 427. The molecule has 0 saturated carbocycles. The summed E-state index contributed by atoms with van der Waals surface area (Å²) in [6.07, 6.45) is -3.11. The van der Waals surface area contributed by atoms with E-state index in [1.54, 1.807) is 4.90 Å². The van der Waals surface area contributed by atoms with Crippen molar-refractivity contribution in [1.29, 1.82) is 0 Å². The average molecular weight is 261 g/mol. The number of halogens is 3. The average Bonchev–Trinajstić information content (AvgIpc) is 2.38. The molecular formula is C10H10F3N3O2. The van der Waals surface area contributed by atoms with Crippen LogP contribution in [0.2, 0.25) is 0 Å². The summed E-state index contributed by atoms with van der Waals surface area (Å²) in [5.74, 6) is -1.63. The minimum absolute atomic E-state index is 0.303. The fourth-order valence-electron chi connectivity index (χ4n) is 1.53. The maximum atomic E-state index is 12.2. The van der Waals surface area contributed by atoms with Crippen molar-refractivity contribution in [3.05, 3.63) is 18.0 Å². The first kappa shape index (κ1) is 12.7. The third kappa shape index (κ3) is 2.76. The number of Topliss-reactive ketones (excluding diaryl/α,β-unsaturated/α-hetero) is 1. The molecule has 1 saturated heterocycles. The van der Waals surface area contributed by atoms with Crippen LogP contribution in [0.1, 0.15) is 10.4 Å². The lowest BCUT2D eigenvalue weighted by Crippen LogP contribution is -2.37. The lowest BCUT2D eigenvalue weighted by atomic mass is 10.2. The first-order chi connectivity index (χ1) is 8.48. The Labute approximate surface area is 101 Å². The van der Waals surface area contributed by atoms with Crippen LogP contribution in [0.3, 0.4) is 0 Å². The Morgan fingerprint density at radius 2 is 1.78 bits per heavy atom. The molecule has 8 heteroatoms. The van der Waals surface area contributed by atoms with Gasteiger partial charge in [-0.05, 0) is 0 Å². The molecule has 0 spiro atoms. The lowest BCUT2D eigenvalue weighted by Gasteiger charge is -2.26. The molecule has 0 radical (unpaired) electrons. The van der Waals surface area contributed by atoms with E-state index < -0.39 is 17.5 Å². The molecular weight excluding hydrogens is 251 g/mol. The number of hydrogen-bond acceptors (Lipinski definition) is 5. The zero-order chi connectivity index (χ0) is 13.2. The number of rotatable bonds is 2. The second kappa shape index (κ2) is 4.89. The smallest absolute Gasteiger partial charge is 0.378 e. The number of anilines is 1. The van der Waals surface area contributed by atoms with Gasteiger partial charge in [0.2, 0.25) is 5.95 Å². The van der Waals surface area contributed by atoms with Gasteiger partial charge in [-0.3, -0.25) is 4.79 Å². The van der Waals surface area contributed by atoms with Gasteiger partial charge in [0.25, 0.3) is 5.78 Å². The minimum atomic E-state index is -4.90. The van der Waals surface area contributed by atoms with Crippen LogP contribution in [0.25, 0.3) is 0 Å². The number of morpholine rings is 1. The van der Waals surface area contributed by atoms with Crippen LogP contribution in [-0.4, -0.2) is 48.2 Å². The Morgan fingerprint density at radius 3 is 2.28 bits per heavy atom. The Morgan fingerprint density at radius 1 is 1.22 bits per heavy atom. The molecule has 1 aromatic rings. The molecule has 0 unspecified atom stereocenters. The monoisotopic (exact) mass is 261 g/mol. The van der Waals surface area contributed by atoms with Gasteiger partial charge in [0, 0.05) is 25.5 Å². The van der Waals surface area contributed by atoms with Gasteiger partial charge in [-0.2, -0.15) is 13.2 Å². The van der Waals surface area contributed by atoms with E-state index in [0.29, 0.717) is 32.3 Å². The largest absolute Gasteiger partial charge is 0.454 e. The number of carbonyl (C=O) groups is 1. The van der Waals surface area contributed by atoms with E-state index in [0.717, 1.165) is 12.4 Å². The Kier molecular flexibility index (Phi) is 3.46. The molecule has 18 heavy (non-hydrogen) atoms. The van der Waals surface area contributed by atoms with Gasteiger partial charge in [-0.1, -0.05) is 0 Å². The fraction of sp³-hybridized carbons (Fsp3) is 0.500. The number of carbonyl (C=O) groups excluding carboxylic acids is 1. The standard InChI is InChI=1S/C10H10F3N3O2/c11-10(12,13)8(17)7-5-14-9(15-6-7)16-1-3-18-4-2-16/h5-6H,1-4H2. The summed E-state index contributed by atoms with van der Waals surface area (Å²) >= 11 is 0. The van der Waals surface area contributed by atoms with E-state index >= 15 is 0 Å². The van der Waals surface area contributed by atoms with E-state index in [9.17, 15) is 18.0 Å². The minimum Gasteiger partial charge on any atom is -0.378 e. The van der Waals surface area contributed by atoms with Gasteiger partial charge in [0.05, 0.1) is 18.8 Å². The number of nitrogens with zero attached hydrogens (tertiary/aromatic N) is 3. The van der Waals surface area contributed by atoms with Crippen molar-refractivity contribution in [2.75, 3.05) is 31.2 Å². The van der Waals surface area contributed by atoms with E-state index in [1.807, 2.05) is 0 Å². The third-order valence-electron chi connectivity index (χ3n) is 2.45. The van der Waals surface area contributed by atoms with Crippen LogP contribution in [0.5, 0.6) is 0 Å². The van der Waals surface area contributed by atoms with Crippen LogP contribution in [0, 0.1) is 0 Å². The molecule has 5 nitrogen and oxygen atoms in total. The van der Waals surface area contributed by atoms with Gasteiger partial charge >= 0.3 is 6.18 Å². The lowest BCUT2D eigenvalue weighted by molar-refractivity contribution is -0.0885. The molecule has 0 aliphatic carbocycles. The zero-order valence-electron chi connectivity index (χ0n) is 9.28. The SMILES string of the molecule is O=C(c1cnc(N2CCOCC2)nc1)C(F)(F)F. The van der Waals surface area contributed by atoms with E-state index in [2.05, 4.69) is 9.97 Å². The van der Waals surface area contributed by atoms with Gasteiger partial charge < -0.3 is 9.64 Å². The summed E-state index contributed by atoms with van der Waals surface area (Å²) in [5, 5.41) is 0. The Balaban J connectivity index is 2.12. The number of alkyl halides is 3. The number of hydrogen-bond donors (Lipinski definition) is 0. The number of ether oxygens (including phenoxy) is 1. The van der Waals surface area contributed by atoms with Crippen molar-refractivity contribution >= 4 is 11.7 Å². The fourth-order valence-corrected chi connectivity index (χ4v) is 1.53. The van der Waals surface area contributed by atoms with Crippen LogP contribution < -0.4 is 4.90 Å². The van der Waals surface area contributed by atoms with Gasteiger partial charge in [0.1, 0.15) is 0 Å². The summed E-state index contributed by atoms with van der Waals surface area (Å²) < 4.78 is 41.6. The van der Waals surface area contributed by atoms with Crippen LogP contribution in [0.4, 0.5) is 19.1 Å². The normalized spacial score (nSPS) is 16.7. The highest BCUT2D eigenvalue weighted by Gasteiger charge is 2.39. The molecule has 1 fully saturated rings. The maximum Gasteiger partial charge on any atom is 0.454 e. The molecule has 0 aromatic carbocycles. The van der Waals surface area contributed by atoms with Crippen molar-refractivity contribution in [3.63, 3.8) is 0 Å². The molecule has 1 aromatic heterocycles. The zero-order valence-corrected chi connectivity index (χ0v) is 9.28. The highest BCUT2D eigenvalue weighted by molar-refractivity contribution is 5.99. The van der Waals surface area contributed by atoms with E-state index in [4.69, 9.17) is 4.74 Å². The number of aromatic nitrogens is 2. The van der Waals surface area contributed by atoms with Crippen LogP contribution in [0.15, 0.2) is 12.4 Å². The second-order valence-corrected chi connectivity index (χ2v) is 3.70. The molecule has 0 atom stereocenters. The molecule has 1 aliphatic rings. The van der Waals surface area contributed by atoms with Gasteiger partial charge in [-0.25, -0.2) is 9.97 Å². The second-order valence-electron chi connectivity index (χ2n) is 3.70. The molecule has 0 bridgehead atoms. The van der Waals surface area contributed by atoms with Gasteiger partial charge in [0.15, 0.2) is 0 Å². The van der Waals surface area contributed by atoms with Crippen molar-refractivity contribution in [3.8, 4) is 0 Å². The molecule has 2 rings (SSSR count). The Hall–Kier alpha value is -1.70. The molecule has 1 aliphatic heterocycles. The summed E-state index contributed by atoms with van der Waals surface area (Å²) in [6, 6.07) is 0. The van der Waals surface area contributed by atoms with E-state index in [-0.39, 0.29) is 0 Å². The summed E-state index contributed by atoms with van der Waals surface area (Å²) in [5.41, 5.74) is -0.556. The summed E-state index contributed by atoms with van der Waals surface area (Å²) in [7, 11) is 0. The maximum absolute atomic E-state index is 12.2. The highest BCUT2D eigenvalue weighted by Crippen LogP contribution is 2.21. The first-order valence-corrected chi connectivity index (χ1v) is 5.25. The van der Waals surface area contributed by atoms with Crippen LogP contribution >= 0.6 is 0 Å². The number of ketones is 1. The molecule has 0 amide bonds. The predicted molar refractivity (Wildman–Crippen MR) is 55.4 cm³/mol. The topological polar surface area (TPSA) is 55.3 Å². The van der Waals surface area contributed by atoms with E-state index in [1.165, 1.54) is 0 Å². The van der Waals surface area contributed by atoms with Crippen molar-refractivity contribution in [1.82, 2.24) is 9.97 Å². The molecule has 0 N–H and O–H groups in total. The molecule has 98 valence electrons. The highest BCUT2D eigenvalue weighted by atomic mass is 19.4. The third-order valence-corrected chi connectivity index (χ3v) is 2.45. The predicted octanol–water partition coefficient (Wildman–Crippen LogP) is 1.06. The van der Waals surface area contributed by atoms with Gasteiger partial charge in [-0.15, -0.1) is 0 Å². The van der Waals surface area contributed by atoms with Crippen molar-refractivity contribution < 1.29 is 22.7 Å². The summed E-state index contributed by atoms with van der Waals surface area (Å²) in [6.45, 7) is 2.19. The van der Waals surface area contributed by atoms with Crippen LogP contribution in [-0.2, 0) is 4.74 Å². The first-order valence-electron chi connectivity index (χ1n) is 5.25. The van der Waals surface area contributed by atoms with Crippen molar-refractivity contribution in [2.45, 2.75) is 6.18 Å². The molecule has 2 heterocycles.